The van der Waals surface area contributed by atoms with E-state index in [0.29, 0.717) is 6.04 Å². The van der Waals surface area contributed by atoms with Crippen LogP contribution in [0.5, 0.6) is 0 Å². The van der Waals surface area contributed by atoms with E-state index < -0.39 is 0 Å². The first-order valence-corrected chi connectivity index (χ1v) is 4.85. The average molecular weight is 179 g/mol. The SMILES string of the molecule is CCC(CC)NCc1ccncn1. The molecule has 0 saturated heterocycles. The second-order valence-electron chi connectivity index (χ2n) is 3.10. The molecule has 0 aliphatic rings. The molecule has 0 aliphatic heterocycles. The molecule has 0 aromatic carbocycles. The van der Waals surface area contributed by atoms with E-state index in [1.807, 2.05) is 6.07 Å². The summed E-state index contributed by atoms with van der Waals surface area (Å²) in [6, 6.07) is 2.55. The first-order chi connectivity index (χ1) is 6.36. The number of nitrogens with one attached hydrogen (secondary N) is 1. The highest BCUT2D eigenvalue weighted by atomic mass is 14.9. The minimum atomic E-state index is 0.606. The fourth-order valence-electron chi connectivity index (χ4n) is 1.25. The van der Waals surface area contributed by atoms with Gasteiger partial charge in [0.25, 0.3) is 0 Å². The highest BCUT2D eigenvalue weighted by Gasteiger charge is 2.01. The Morgan fingerprint density at radius 1 is 1.38 bits per heavy atom. The Kier molecular flexibility index (Phi) is 4.40. The molecule has 3 heteroatoms. The molecule has 72 valence electrons. The summed E-state index contributed by atoms with van der Waals surface area (Å²) >= 11 is 0. The quantitative estimate of drug-likeness (QED) is 0.748. The van der Waals surface area contributed by atoms with Crippen LogP contribution in [0, 0.1) is 0 Å². The van der Waals surface area contributed by atoms with Crippen LogP contribution in [0.15, 0.2) is 18.6 Å². The second-order valence-corrected chi connectivity index (χ2v) is 3.10. The summed E-state index contributed by atoms with van der Waals surface area (Å²) < 4.78 is 0. The van der Waals surface area contributed by atoms with Gasteiger partial charge in [0.1, 0.15) is 6.33 Å². The molecule has 1 N–H and O–H groups in total. The summed E-state index contributed by atoms with van der Waals surface area (Å²) in [5.74, 6) is 0. The summed E-state index contributed by atoms with van der Waals surface area (Å²) in [6.07, 6.45) is 5.70. The first kappa shape index (κ1) is 10.1. The van der Waals surface area contributed by atoms with Crippen molar-refractivity contribution < 1.29 is 0 Å². The van der Waals surface area contributed by atoms with Crippen LogP contribution in [-0.4, -0.2) is 16.0 Å². The van der Waals surface area contributed by atoms with Gasteiger partial charge in [0.15, 0.2) is 0 Å². The van der Waals surface area contributed by atoms with Crippen molar-refractivity contribution in [3.8, 4) is 0 Å². The van der Waals surface area contributed by atoms with Gasteiger partial charge in [-0.3, -0.25) is 0 Å². The molecule has 0 aliphatic carbocycles. The molecule has 0 bridgehead atoms. The van der Waals surface area contributed by atoms with Crippen molar-refractivity contribution in [3.05, 3.63) is 24.3 Å². The molecule has 0 amide bonds. The molecule has 1 aromatic heterocycles. The van der Waals surface area contributed by atoms with E-state index in [4.69, 9.17) is 0 Å². The van der Waals surface area contributed by atoms with Crippen LogP contribution in [0.2, 0.25) is 0 Å². The molecule has 0 fully saturated rings. The van der Waals surface area contributed by atoms with Gasteiger partial charge in [-0.2, -0.15) is 0 Å². The molecule has 13 heavy (non-hydrogen) atoms. The van der Waals surface area contributed by atoms with Crippen molar-refractivity contribution in [1.82, 2.24) is 15.3 Å². The number of hydrogen-bond acceptors (Lipinski definition) is 3. The molecule has 0 unspecified atom stereocenters. The lowest BCUT2D eigenvalue weighted by Crippen LogP contribution is -2.27. The molecular weight excluding hydrogens is 162 g/mol. The molecular formula is C10H17N3. The first-order valence-electron chi connectivity index (χ1n) is 4.85. The molecule has 0 spiro atoms. The Balaban J connectivity index is 2.34. The summed E-state index contributed by atoms with van der Waals surface area (Å²) in [4.78, 5) is 8.02. The molecule has 1 rings (SSSR count). The van der Waals surface area contributed by atoms with Crippen LogP contribution in [0.4, 0.5) is 0 Å². The molecule has 0 atom stereocenters. The summed E-state index contributed by atoms with van der Waals surface area (Å²) in [6.45, 7) is 5.23. The lowest BCUT2D eigenvalue weighted by Gasteiger charge is -2.13. The summed E-state index contributed by atoms with van der Waals surface area (Å²) in [7, 11) is 0. The number of hydrogen-bond donors (Lipinski definition) is 1. The largest absolute Gasteiger partial charge is 0.308 e. The van der Waals surface area contributed by atoms with Gasteiger partial charge in [-0.25, -0.2) is 9.97 Å². The minimum absolute atomic E-state index is 0.606. The van der Waals surface area contributed by atoms with E-state index in [9.17, 15) is 0 Å². The predicted octanol–water partition coefficient (Wildman–Crippen LogP) is 1.75. The maximum absolute atomic E-state index is 4.15. The Labute approximate surface area is 79.6 Å². The van der Waals surface area contributed by atoms with Crippen molar-refractivity contribution in [1.29, 1.82) is 0 Å². The number of rotatable bonds is 5. The maximum Gasteiger partial charge on any atom is 0.115 e. The molecule has 1 heterocycles. The number of nitrogens with zero attached hydrogens (tertiary/aromatic N) is 2. The Morgan fingerprint density at radius 2 is 2.15 bits per heavy atom. The van der Waals surface area contributed by atoms with Gasteiger partial charge in [0.05, 0.1) is 5.69 Å². The van der Waals surface area contributed by atoms with Crippen molar-refractivity contribution in [3.63, 3.8) is 0 Å². The van der Waals surface area contributed by atoms with E-state index in [2.05, 4.69) is 29.1 Å². The predicted molar refractivity (Wildman–Crippen MR) is 53.2 cm³/mol. The minimum Gasteiger partial charge on any atom is -0.308 e. The van der Waals surface area contributed by atoms with Crippen LogP contribution in [0.3, 0.4) is 0 Å². The third-order valence-corrected chi connectivity index (χ3v) is 2.20. The van der Waals surface area contributed by atoms with Crippen molar-refractivity contribution in [2.75, 3.05) is 0 Å². The zero-order valence-corrected chi connectivity index (χ0v) is 8.33. The van der Waals surface area contributed by atoms with Gasteiger partial charge in [0, 0.05) is 18.8 Å². The summed E-state index contributed by atoms with van der Waals surface area (Å²) in [5.41, 5.74) is 1.06. The normalized spacial score (nSPS) is 10.7. The monoisotopic (exact) mass is 179 g/mol. The van der Waals surface area contributed by atoms with Crippen LogP contribution in [0.25, 0.3) is 0 Å². The van der Waals surface area contributed by atoms with E-state index in [1.165, 1.54) is 12.8 Å². The van der Waals surface area contributed by atoms with Crippen molar-refractivity contribution in [2.45, 2.75) is 39.3 Å². The molecule has 0 saturated carbocycles. The van der Waals surface area contributed by atoms with E-state index >= 15 is 0 Å². The Bertz CT molecular complexity index is 219. The topological polar surface area (TPSA) is 37.8 Å². The average Bonchev–Trinajstić information content (AvgIpc) is 2.21. The van der Waals surface area contributed by atoms with Crippen LogP contribution >= 0.6 is 0 Å². The number of aromatic nitrogens is 2. The molecule has 3 nitrogen and oxygen atoms in total. The standard InChI is InChI=1S/C10H17N3/c1-3-9(4-2)12-7-10-5-6-11-8-13-10/h5-6,8-9,12H,3-4,7H2,1-2H3. The van der Waals surface area contributed by atoms with Gasteiger partial charge in [0.2, 0.25) is 0 Å². The zero-order valence-electron chi connectivity index (χ0n) is 8.33. The van der Waals surface area contributed by atoms with E-state index in [-0.39, 0.29) is 0 Å². The van der Waals surface area contributed by atoms with Crippen LogP contribution in [-0.2, 0) is 6.54 Å². The Morgan fingerprint density at radius 3 is 2.69 bits per heavy atom. The third kappa shape index (κ3) is 3.51. The van der Waals surface area contributed by atoms with Crippen molar-refractivity contribution in [2.24, 2.45) is 0 Å². The summed E-state index contributed by atoms with van der Waals surface area (Å²) in [5, 5.41) is 3.45. The van der Waals surface area contributed by atoms with Gasteiger partial charge < -0.3 is 5.32 Å². The highest BCUT2D eigenvalue weighted by Crippen LogP contribution is 1.98. The van der Waals surface area contributed by atoms with Gasteiger partial charge in [-0.1, -0.05) is 13.8 Å². The lowest BCUT2D eigenvalue weighted by atomic mass is 10.2. The lowest BCUT2D eigenvalue weighted by molar-refractivity contribution is 0.480. The van der Waals surface area contributed by atoms with Crippen LogP contribution in [0.1, 0.15) is 32.4 Å². The second kappa shape index (κ2) is 5.65. The molecule has 0 radical (unpaired) electrons. The van der Waals surface area contributed by atoms with Crippen LogP contribution < -0.4 is 5.32 Å². The fourth-order valence-corrected chi connectivity index (χ4v) is 1.25. The zero-order chi connectivity index (χ0) is 9.52. The molecule has 1 aromatic rings. The smallest absolute Gasteiger partial charge is 0.115 e. The van der Waals surface area contributed by atoms with E-state index in [0.717, 1.165) is 12.2 Å². The Hall–Kier alpha value is -0.960. The maximum atomic E-state index is 4.15. The fraction of sp³-hybridized carbons (Fsp3) is 0.600. The van der Waals surface area contributed by atoms with Gasteiger partial charge >= 0.3 is 0 Å². The van der Waals surface area contributed by atoms with Gasteiger partial charge in [-0.05, 0) is 18.9 Å². The highest BCUT2D eigenvalue weighted by molar-refractivity contribution is 4.97. The van der Waals surface area contributed by atoms with E-state index in [1.54, 1.807) is 12.5 Å². The van der Waals surface area contributed by atoms with Crippen molar-refractivity contribution >= 4 is 0 Å². The van der Waals surface area contributed by atoms with Gasteiger partial charge in [-0.15, -0.1) is 0 Å². The third-order valence-electron chi connectivity index (χ3n) is 2.20.